The average molecular weight is 542 g/mol. The molecule has 2 heterocycles. The number of carbonyl (C=O) groups excluding carboxylic acids is 2. The van der Waals surface area contributed by atoms with Crippen LogP contribution in [0.3, 0.4) is 0 Å². The van der Waals surface area contributed by atoms with Gasteiger partial charge in [0, 0.05) is 0 Å². The molecule has 1 aliphatic heterocycles. The van der Waals surface area contributed by atoms with Gasteiger partial charge in [0.1, 0.15) is 5.76 Å². The van der Waals surface area contributed by atoms with Gasteiger partial charge in [-0.25, -0.2) is 0 Å². The molecule has 4 nitrogen and oxygen atoms in total. The minimum Gasteiger partial charge on any atom is -0.456 e. The van der Waals surface area contributed by atoms with E-state index in [1.807, 2.05) is 72.8 Å². The number of para-hydroxylation sites is 1. The number of hydrogen-bond donors (Lipinski definition) is 0. The van der Waals surface area contributed by atoms with Gasteiger partial charge in [0.2, 0.25) is 5.76 Å². The zero-order valence-corrected chi connectivity index (χ0v) is 19.8. The number of nitrogens with zero attached hydrogens (tertiary/aromatic N) is 1. The van der Waals surface area contributed by atoms with Crippen molar-refractivity contribution < 1.29 is 27.2 Å². The van der Waals surface area contributed by atoms with E-state index in [1.54, 1.807) is 17.0 Å². The summed E-state index contributed by atoms with van der Waals surface area (Å²) in [5, 5.41) is 0.295. The molecule has 1 aliphatic rings. The van der Waals surface area contributed by atoms with E-state index in [0.717, 1.165) is 17.2 Å². The maximum atomic E-state index is 12.7. The molecule has 4 aromatic rings. The lowest BCUT2D eigenvalue weighted by atomic mass is 9.97. The average Bonchev–Trinajstić information content (AvgIpc) is 3.46. The summed E-state index contributed by atoms with van der Waals surface area (Å²) < 4.78 is 39.9. The van der Waals surface area contributed by atoms with Crippen molar-refractivity contribution in [2.75, 3.05) is 4.90 Å². The first-order chi connectivity index (χ1) is 16.8. The first kappa shape index (κ1) is 24.5. The standard InChI is InChI=1S/C21H15NO2.C6H4BrF3O/c23-20-17-13-7-8-14-18(17)22(21(20)24)19(15-9-3-1-4-10-15)16-11-5-2-6-12-16;7-3-4-1-2-5(11-4)6(8,9)10/h1-14,19H;1-2H,3H2. The topological polar surface area (TPSA) is 50.5 Å². The van der Waals surface area contributed by atoms with Crippen LogP contribution in [-0.4, -0.2) is 11.7 Å². The van der Waals surface area contributed by atoms with Crippen LogP contribution in [-0.2, 0) is 16.3 Å². The minimum absolute atomic E-state index is 0.275. The SMILES string of the molecule is FC(F)(F)c1ccc(CBr)o1.O=C1C(=O)N(C(c2ccccc2)c2ccccc2)c2ccccc21. The Hall–Kier alpha value is -3.65. The Morgan fingerprint density at radius 2 is 1.31 bits per heavy atom. The lowest BCUT2D eigenvalue weighted by Crippen LogP contribution is -2.34. The highest BCUT2D eigenvalue weighted by Crippen LogP contribution is 2.39. The number of halogens is 4. The maximum Gasteiger partial charge on any atom is 0.449 e. The third-order valence-electron chi connectivity index (χ3n) is 5.38. The molecule has 178 valence electrons. The molecule has 1 aromatic heterocycles. The number of rotatable bonds is 4. The zero-order valence-electron chi connectivity index (χ0n) is 18.2. The van der Waals surface area contributed by atoms with E-state index in [4.69, 9.17) is 0 Å². The fourth-order valence-corrected chi connectivity index (χ4v) is 4.13. The van der Waals surface area contributed by atoms with Gasteiger partial charge in [-0.05, 0) is 35.4 Å². The number of amides is 1. The van der Waals surface area contributed by atoms with E-state index in [0.29, 0.717) is 16.6 Å². The molecule has 0 bridgehead atoms. The van der Waals surface area contributed by atoms with Gasteiger partial charge in [-0.2, -0.15) is 13.2 Å². The van der Waals surface area contributed by atoms with E-state index in [-0.39, 0.29) is 11.8 Å². The quantitative estimate of drug-likeness (QED) is 0.203. The third-order valence-corrected chi connectivity index (χ3v) is 5.94. The van der Waals surface area contributed by atoms with Crippen molar-refractivity contribution in [1.82, 2.24) is 0 Å². The summed E-state index contributed by atoms with van der Waals surface area (Å²) in [5.41, 5.74) is 3.09. The highest BCUT2D eigenvalue weighted by molar-refractivity contribution is 9.08. The molecule has 35 heavy (non-hydrogen) atoms. The molecule has 0 radical (unpaired) electrons. The predicted molar refractivity (Wildman–Crippen MR) is 129 cm³/mol. The predicted octanol–water partition coefficient (Wildman–Crippen LogP) is 7.20. The smallest absolute Gasteiger partial charge is 0.449 e. The molecular formula is C27H19BrF3NO3. The Morgan fingerprint density at radius 3 is 1.80 bits per heavy atom. The number of hydrogen-bond acceptors (Lipinski definition) is 3. The summed E-state index contributed by atoms with van der Waals surface area (Å²) in [7, 11) is 0. The number of alkyl halides is 4. The molecule has 0 spiro atoms. The van der Waals surface area contributed by atoms with Crippen molar-refractivity contribution in [1.29, 1.82) is 0 Å². The fraction of sp³-hybridized carbons (Fsp3) is 0.111. The Bertz CT molecular complexity index is 1280. The monoisotopic (exact) mass is 541 g/mol. The van der Waals surface area contributed by atoms with Gasteiger partial charge in [-0.3, -0.25) is 14.5 Å². The molecule has 0 saturated carbocycles. The fourth-order valence-electron chi connectivity index (χ4n) is 3.83. The van der Waals surface area contributed by atoms with Gasteiger partial charge in [0.25, 0.3) is 11.7 Å². The maximum absolute atomic E-state index is 12.7. The van der Waals surface area contributed by atoms with E-state index < -0.39 is 23.6 Å². The molecular weight excluding hydrogens is 523 g/mol. The van der Waals surface area contributed by atoms with Gasteiger partial charge in [-0.1, -0.05) is 88.7 Å². The van der Waals surface area contributed by atoms with E-state index in [1.165, 1.54) is 6.07 Å². The third kappa shape index (κ3) is 5.22. The number of benzene rings is 3. The molecule has 0 unspecified atom stereocenters. The Balaban J connectivity index is 0.000000221. The molecule has 0 aliphatic carbocycles. The van der Waals surface area contributed by atoms with Crippen LogP contribution in [0.2, 0.25) is 0 Å². The van der Waals surface area contributed by atoms with Crippen LogP contribution in [0.25, 0.3) is 0 Å². The van der Waals surface area contributed by atoms with Crippen molar-refractivity contribution in [2.24, 2.45) is 0 Å². The van der Waals surface area contributed by atoms with E-state index in [9.17, 15) is 22.8 Å². The molecule has 5 rings (SSSR count). The summed E-state index contributed by atoms with van der Waals surface area (Å²) in [6, 6.07) is 28.6. The number of ketones is 1. The van der Waals surface area contributed by atoms with Gasteiger partial charge in [0.05, 0.1) is 22.6 Å². The van der Waals surface area contributed by atoms with Gasteiger partial charge >= 0.3 is 6.18 Å². The largest absolute Gasteiger partial charge is 0.456 e. The number of carbonyl (C=O) groups is 2. The van der Waals surface area contributed by atoms with Crippen molar-refractivity contribution in [3.8, 4) is 0 Å². The normalized spacial score (nSPS) is 13.0. The van der Waals surface area contributed by atoms with E-state index >= 15 is 0 Å². The van der Waals surface area contributed by atoms with Gasteiger partial charge in [-0.15, -0.1) is 0 Å². The van der Waals surface area contributed by atoms with Crippen LogP contribution >= 0.6 is 15.9 Å². The lowest BCUT2D eigenvalue weighted by Gasteiger charge is -2.29. The second-order valence-corrected chi connectivity index (χ2v) is 8.20. The lowest BCUT2D eigenvalue weighted by molar-refractivity contribution is -0.153. The van der Waals surface area contributed by atoms with Crippen molar-refractivity contribution in [2.45, 2.75) is 17.5 Å². The highest BCUT2D eigenvalue weighted by Gasteiger charge is 2.40. The van der Waals surface area contributed by atoms with Crippen LogP contribution in [0, 0.1) is 0 Å². The summed E-state index contributed by atoms with van der Waals surface area (Å²) >= 11 is 2.98. The molecule has 0 atom stereocenters. The molecule has 1 amide bonds. The zero-order chi connectivity index (χ0) is 25.0. The van der Waals surface area contributed by atoms with Gasteiger partial charge in [0.15, 0.2) is 0 Å². The Morgan fingerprint density at radius 1 is 0.771 bits per heavy atom. The number of fused-ring (bicyclic) bond motifs is 1. The number of anilines is 1. The van der Waals surface area contributed by atoms with Crippen molar-refractivity contribution >= 4 is 33.3 Å². The number of Topliss-reactive ketones (excluding diaryl/α,β-unsaturated/α-hetero) is 1. The second kappa shape index (κ2) is 10.3. The Labute approximate surface area is 208 Å². The molecule has 0 saturated heterocycles. The molecule has 0 fully saturated rings. The van der Waals surface area contributed by atoms with Crippen LogP contribution < -0.4 is 4.90 Å². The van der Waals surface area contributed by atoms with Crippen LogP contribution in [0.5, 0.6) is 0 Å². The first-order valence-electron chi connectivity index (χ1n) is 10.6. The molecule has 3 aromatic carbocycles. The number of furan rings is 1. The highest BCUT2D eigenvalue weighted by atomic mass is 79.9. The Kier molecular flexibility index (Phi) is 7.21. The summed E-state index contributed by atoms with van der Waals surface area (Å²) in [6.45, 7) is 0. The van der Waals surface area contributed by atoms with Crippen molar-refractivity contribution in [3.63, 3.8) is 0 Å². The molecule has 0 N–H and O–H groups in total. The summed E-state index contributed by atoms with van der Waals surface area (Å²) in [6.07, 6.45) is -4.37. The minimum atomic E-state index is -4.37. The first-order valence-corrected chi connectivity index (χ1v) is 11.7. The van der Waals surface area contributed by atoms with Crippen LogP contribution in [0.15, 0.2) is 101 Å². The summed E-state index contributed by atoms with van der Waals surface area (Å²) in [5.74, 6) is -1.60. The summed E-state index contributed by atoms with van der Waals surface area (Å²) in [4.78, 5) is 26.7. The second-order valence-electron chi connectivity index (χ2n) is 7.64. The van der Waals surface area contributed by atoms with Crippen LogP contribution in [0.4, 0.5) is 18.9 Å². The van der Waals surface area contributed by atoms with Crippen LogP contribution in [0.1, 0.15) is 39.0 Å². The molecule has 8 heteroatoms. The van der Waals surface area contributed by atoms with E-state index in [2.05, 4.69) is 20.3 Å². The van der Waals surface area contributed by atoms with Gasteiger partial charge < -0.3 is 4.42 Å². The van der Waals surface area contributed by atoms with Crippen molar-refractivity contribution in [3.05, 3.63) is 125 Å².